The number of carboxylic acids is 3. The molecule has 15 heteroatoms. The molecule has 3 heterocycles. The number of aliphatic carboxylic acids is 3. The molecule has 0 spiro atoms. The molecule has 57 heavy (non-hydrogen) atoms. The van der Waals surface area contributed by atoms with Crippen molar-refractivity contribution < 1.29 is 44.1 Å². The summed E-state index contributed by atoms with van der Waals surface area (Å²) in [6.07, 6.45) is 22.1. The normalized spacial score (nSPS) is 19.1. The minimum Gasteiger partial charge on any atom is -0.480 e. The van der Waals surface area contributed by atoms with E-state index >= 15 is 0 Å². The zero-order chi connectivity index (χ0) is 42.3. The highest BCUT2D eigenvalue weighted by Crippen LogP contribution is 2.22. The van der Waals surface area contributed by atoms with Crippen LogP contribution in [-0.4, -0.2) is 138 Å². The number of carboxylic acid groups (broad SMARTS) is 3. The highest BCUT2D eigenvalue weighted by Gasteiger charge is 2.37. The van der Waals surface area contributed by atoms with Gasteiger partial charge in [0, 0.05) is 56.2 Å². The van der Waals surface area contributed by atoms with Crippen molar-refractivity contribution in [3.05, 3.63) is 0 Å². The molecule has 0 radical (unpaired) electrons. The number of unbranched alkanes of at least 4 members (excludes halogenated alkanes) is 12. The van der Waals surface area contributed by atoms with Crippen molar-refractivity contribution in [1.29, 1.82) is 0 Å². The third kappa shape index (κ3) is 23.3. The maximum atomic E-state index is 11.7. The summed E-state index contributed by atoms with van der Waals surface area (Å²) < 4.78 is 0. The summed E-state index contributed by atoms with van der Waals surface area (Å²) in [5, 5.41) is 27.0. The van der Waals surface area contributed by atoms with Crippen LogP contribution in [0.3, 0.4) is 0 Å². The Morgan fingerprint density at radius 2 is 0.702 bits per heavy atom. The smallest absolute Gasteiger partial charge is 0.326 e. The van der Waals surface area contributed by atoms with Gasteiger partial charge >= 0.3 is 17.9 Å². The van der Waals surface area contributed by atoms with Crippen molar-refractivity contribution in [3.63, 3.8) is 0 Å². The number of rotatable bonds is 30. The van der Waals surface area contributed by atoms with Gasteiger partial charge in [0.05, 0.1) is 0 Å². The number of likely N-dealkylation sites (tertiary alicyclic amines) is 3. The molecule has 3 amide bonds. The van der Waals surface area contributed by atoms with Gasteiger partial charge in [-0.2, -0.15) is 35.3 Å². The van der Waals surface area contributed by atoms with Gasteiger partial charge in [0.1, 0.15) is 18.1 Å². The van der Waals surface area contributed by atoms with Crippen molar-refractivity contribution in [2.45, 2.75) is 174 Å². The Balaban J connectivity index is 0.000000440. The van der Waals surface area contributed by atoms with Crippen LogP contribution in [0.15, 0.2) is 0 Å². The third-order valence-electron chi connectivity index (χ3n) is 10.4. The number of carbonyl (C=O) groups is 6. The summed E-state index contributed by atoms with van der Waals surface area (Å²) in [7, 11) is 0. The lowest BCUT2D eigenvalue weighted by Gasteiger charge is -2.21. The second-order valence-corrected chi connectivity index (χ2v) is 18.7. The summed E-state index contributed by atoms with van der Waals surface area (Å²) >= 11 is 5.45. The van der Waals surface area contributed by atoms with Gasteiger partial charge in [0.2, 0.25) is 17.7 Å². The molecule has 0 aliphatic carbocycles. The molecular weight excluding hydrogens is 787 g/mol. The zero-order valence-electron chi connectivity index (χ0n) is 35.3. The van der Waals surface area contributed by atoms with E-state index < -0.39 is 36.0 Å². The molecule has 3 fully saturated rings. The fourth-order valence-corrected chi connectivity index (χ4v) is 9.90. The van der Waals surface area contributed by atoms with E-state index in [1.807, 2.05) is 23.5 Å². The first-order chi connectivity index (χ1) is 27.5. The van der Waals surface area contributed by atoms with Crippen LogP contribution in [0, 0.1) is 0 Å². The molecule has 0 aromatic carbocycles. The van der Waals surface area contributed by atoms with Crippen molar-refractivity contribution in [3.8, 4) is 0 Å². The molecule has 0 bridgehead atoms. The maximum absolute atomic E-state index is 11.7. The Labute approximate surface area is 356 Å². The first kappa shape index (κ1) is 52.9. The molecule has 3 atom stereocenters. The monoisotopic (exact) mass is 861 g/mol. The molecule has 330 valence electrons. The summed E-state index contributed by atoms with van der Waals surface area (Å²) in [6, 6.07) is -1.76. The number of nitrogens with zero attached hydrogens (tertiary/aromatic N) is 3. The molecule has 3 aliphatic heterocycles. The highest BCUT2D eigenvalue weighted by molar-refractivity contribution is 7.99. The average Bonchev–Trinajstić information content (AvgIpc) is 3.87. The van der Waals surface area contributed by atoms with E-state index in [2.05, 4.69) is 20.8 Å². The Morgan fingerprint density at radius 1 is 0.439 bits per heavy atom. The zero-order valence-corrected chi connectivity index (χ0v) is 37.8. The van der Waals surface area contributed by atoms with Crippen molar-refractivity contribution in [2.24, 2.45) is 0 Å². The SMILES string of the molecule is CCCCCCCCCCCCSCCN1C(=O)CCC1C(=O)O.CCCCCSCCN1C(=O)CCC1C(=O)O.CCCCSCCN1C(=O)CCC1C(=O)O. The fourth-order valence-electron chi connectivity index (χ4n) is 7.00. The summed E-state index contributed by atoms with van der Waals surface area (Å²) in [5.74, 6) is 3.25. The molecule has 3 unspecified atom stereocenters. The van der Waals surface area contributed by atoms with Crippen LogP contribution in [0.2, 0.25) is 0 Å². The van der Waals surface area contributed by atoms with E-state index in [1.165, 1.54) is 106 Å². The number of carbonyl (C=O) groups excluding carboxylic acids is 3. The van der Waals surface area contributed by atoms with Gasteiger partial charge in [-0.3, -0.25) is 14.4 Å². The Morgan fingerprint density at radius 3 is 1.02 bits per heavy atom. The standard InChI is InChI=1S/C19H35NO3S.C12H21NO3S.C11H19NO3S/c1-2-3-4-5-6-7-8-9-10-11-15-24-16-14-20-17(19(22)23)12-13-18(20)21;1-2-3-4-8-17-9-7-13-10(12(15)16)5-6-11(13)14;1-2-3-7-16-8-6-12-9(11(14)15)4-5-10(12)13/h17H,2-16H2,1H3,(H,22,23);10H,2-9H2,1H3,(H,15,16);9H,2-8H2,1H3,(H,14,15). The number of amides is 3. The van der Waals surface area contributed by atoms with Crippen LogP contribution in [-0.2, 0) is 28.8 Å². The quantitative estimate of drug-likeness (QED) is 0.0591. The van der Waals surface area contributed by atoms with Crippen LogP contribution in [0.25, 0.3) is 0 Å². The van der Waals surface area contributed by atoms with E-state index in [4.69, 9.17) is 15.3 Å². The van der Waals surface area contributed by atoms with Gasteiger partial charge in [-0.05, 0) is 55.8 Å². The van der Waals surface area contributed by atoms with Crippen LogP contribution >= 0.6 is 35.3 Å². The van der Waals surface area contributed by atoms with Crippen LogP contribution in [0.1, 0.15) is 156 Å². The molecule has 3 rings (SSSR count). The van der Waals surface area contributed by atoms with Crippen molar-refractivity contribution in [1.82, 2.24) is 14.7 Å². The van der Waals surface area contributed by atoms with Gasteiger partial charge in [-0.1, -0.05) is 97.8 Å². The van der Waals surface area contributed by atoms with E-state index in [9.17, 15) is 28.8 Å². The van der Waals surface area contributed by atoms with E-state index in [0.29, 0.717) is 58.2 Å². The molecule has 3 N–H and O–H groups in total. The minimum atomic E-state index is -0.871. The van der Waals surface area contributed by atoms with E-state index in [1.54, 1.807) is 16.7 Å². The minimum absolute atomic E-state index is 0.00179. The lowest BCUT2D eigenvalue weighted by atomic mass is 10.1. The van der Waals surface area contributed by atoms with Gasteiger partial charge in [0.25, 0.3) is 0 Å². The number of hydrogen-bond donors (Lipinski definition) is 3. The lowest BCUT2D eigenvalue weighted by Crippen LogP contribution is -2.39. The number of hydrogen-bond acceptors (Lipinski definition) is 9. The van der Waals surface area contributed by atoms with Gasteiger partial charge in [-0.15, -0.1) is 0 Å². The predicted octanol–water partition coefficient (Wildman–Crippen LogP) is 8.30. The Hall–Kier alpha value is -2.13. The van der Waals surface area contributed by atoms with Gasteiger partial charge < -0.3 is 30.0 Å². The van der Waals surface area contributed by atoms with Crippen LogP contribution in [0.4, 0.5) is 0 Å². The van der Waals surface area contributed by atoms with Crippen molar-refractivity contribution >= 4 is 70.9 Å². The lowest BCUT2D eigenvalue weighted by molar-refractivity contribution is -0.146. The van der Waals surface area contributed by atoms with Gasteiger partial charge in [-0.25, -0.2) is 14.4 Å². The molecular formula is C42H75N3O9S3. The molecule has 0 aromatic heterocycles. The van der Waals surface area contributed by atoms with E-state index in [0.717, 1.165) is 34.5 Å². The summed E-state index contributed by atoms with van der Waals surface area (Å²) in [4.78, 5) is 72.2. The maximum Gasteiger partial charge on any atom is 0.326 e. The van der Waals surface area contributed by atoms with Crippen LogP contribution in [0.5, 0.6) is 0 Å². The van der Waals surface area contributed by atoms with E-state index in [-0.39, 0.29) is 17.7 Å². The Kier molecular flexibility index (Phi) is 31.2. The second-order valence-electron chi connectivity index (χ2n) is 15.0. The largest absolute Gasteiger partial charge is 0.480 e. The second kappa shape index (κ2) is 33.7. The summed E-state index contributed by atoms with van der Waals surface area (Å²) in [5.41, 5.74) is 0. The number of thioether (sulfide) groups is 3. The van der Waals surface area contributed by atoms with Crippen LogP contribution < -0.4 is 0 Å². The molecule has 0 aromatic rings. The highest BCUT2D eigenvalue weighted by atomic mass is 32.2. The van der Waals surface area contributed by atoms with Crippen molar-refractivity contribution in [2.75, 3.05) is 54.2 Å². The fraction of sp³-hybridized carbons (Fsp3) is 0.857. The summed E-state index contributed by atoms with van der Waals surface area (Å²) in [6.45, 7) is 8.30. The van der Waals surface area contributed by atoms with Gasteiger partial charge in [0.15, 0.2) is 0 Å². The molecule has 12 nitrogen and oxygen atoms in total. The molecule has 3 saturated heterocycles. The third-order valence-corrected chi connectivity index (χ3v) is 13.6. The first-order valence-electron chi connectivity index (χ1n) is 21.8. The molecule has 0 saturated carbocycles. The molecule has 3 aliphatic rings. The average molecular weight is 862 g/mol. The first-order valence-corrected chi connectivity index (χ1v) is 25.3. The topological polar surface area (TPSA) is 173 Å². The Bertz CT molecular complexity index is 1170. The predicted molar refractivity (Wildman–Crippen MR) is 235 cm³/mol.